The van der Waals surface area contributed by atoms with Crippen molar-refractivity contribution < 1.29 is 4.79 Å². The molecule has 6 nitrogen and oxygen atoms in total. The molecule has 2 aromatic rings. The minimum atomic E-state index is -0.0181. The summed E-state index contributed by atoms with van der Waals surface area (Å²) in [5.74, 6) is 0.459. The van der Waals surface area contributed by atoms with E-state index in [0.717, 1.165) is 12.0 Å². The number of hydrogen-bond donors (Lipinski definition) is 1. The Balaban J connectivity index is 1.99. The second-order valence-corrected chi connectivity index (χ2v) is 4.94. The first-order valence-electron chi connectivity index (χ1n) is 6.87. The topological polar surface area (TPSA) is 81.9 Å². The summed E-state index contributed by atoms with van der Waals surface area (Å²) >= 11 is 0. The lowest BCUT2D eigenvalue weighted by Crippen LogP contribution is -2.21. The van der Waals surface area contributed by atoms with Crippen LogP contribution in [-0.2, 0) is 6.42 Å². The molecule has 112 valence electrons. The summed E-state index contributed by atoms with van der Waals surface area (Å²) in [6.07, 6.45) is 3.75. The number of anilines is 1. The number of benzene rings is 1. The van der Waals surface area contributed by atoms with Gasteiger partial charge in [-0.1, -0.05) is 12.1 Å². The van der Waals surface area contributed by atoms with Crippen LogP contribution in [0.25, 0.3) is 0 Å². The van der Waals surface area contributed by atoms with E-state index in [1.807, 2.05) is 24.3 Å². The van der Waals surface area contributed by atoms with Crippen LogP contribution in [0.1, 0.15) is 21.6 Å². The van der Waals surface area contributed by atoms with Gasteiger partial charge < -0.3 is 10.2 Å². The zero-order valence-electron chi connectivity index (χ0n) is 12.6. The van der Waals surface area contributed by atoms with Gasteiger partial charge in [-0.2, -0.15) is 5.26 Å². The van der Waals surface area contributed by atoms with Gasteiger partial charge in [-0.25, -0.2) is 9.97 Å². The standard InChI is InChI=1S/C16H17N5O/c1-21(2)16(22)13-5-3-4-12(10-13)6-7-19-15-14(11-17)18-8-9-20-15/h3-5,8-10H,6-7H2,1-2H3,(H,19,20). The molecule has 1 amide bonds. The number of carbonyl (C=O) groups excluding carboxylic acids is 1. The molecule has 2 rings (SSSR count). The molecular formula is C16H17N5O. The molecule has 0 unspecified atom stereocenters. The molecule has 0 saturated heterocycles. The first-order valence-corrected chi connectivity index (χ1v) is 6.87. The van der Waals surface area contributed by atoms with Gasteiger partial charge in [-0.15, -0.1) is 0 Å². The third-order valence-corrected chi connectivity index (χ3v) is 3.09. The second kappa shape index (κ2) is 7.18. The number of amides is 1. The van der Waals surface area contributed by atoms with Crippen molar-refractivity contribution in [2.75, 3.05) is 26.0 Å². The molecule has 0 atom stereocenters. The molecule has 1 aromatic heterocycles. The lowest BCUT2D eigenvalue weighted by Gasteiger charge is -2.11. The van der Waals surface area contributed by atoms with Gasteiger partial charge in [0.25, 0.3) is 5.91 Å². The zero-order chi connectivity index (χ0) is 15.9. The summed E-state index contributed by atoms with van der Waals surface area (Å²) in [4.78, 5) is 21.5. The van der Waals surface area contributed by atoms with Gasteiger partial charge in [0, 0.05) is 38.6 Å². The molecule has 1 N–H and O–H groups in total. The molecule has 0 radical (unpaired) electrons. The fraction of sp³-hybridized carbons (Fsp3) is 0.250. The molecule has 22 heavy (non-hydrogen) atoms. The highest BCUT2D eigenvalue weighted by Crippen LogP contribution is 2.10. The minimum Gasteiger partial charge on any atom is -0.367 e. The Morgan fingerprint density at radius 3 is 2.82 bits per heavy atom. The molecule has 0 spiro atoms. The molecule has 0 bridgehead atoms. The van der Waals surface area contributed by atoms with Crippen molar-refractivity contribution in [1.29, 1.82) is 5.26 Å². The summed E-state index contributed by atoms with van der Waals surface area (Å²) < 4.78 is 0. The highest BCUT2D eigenvalue weighted by atomic mass is 16.2. The third-order valence-electron chi connectivity index (χ3n) is 3.09. The zero-order valence-corrected chi connectivity index (χ0v) is 12.6. The highest BCUT2D eigenvalue weighted by molar-refractivity contribution is 5.94. The van der Waals surface area contributed by atoms with E-state index >= 15 is 0 Å². The van der Waals surface area contributed by atoms with Crippen molar-refractivity contribution in [2.24, 2.45) is 0 Å². The van der Waals surface area contributed by atoms with Crippen molar-refractivity contribution in [3.8, 4) is 6.07 Å². The molecule has 0 saturated carbocycles. The summed E-state index contributed by atoms with van der Waals surface area (Å²) in [5.41, 5.74) is 1.99. The Morgan fingerprint density at radius 2 is 2.09 bits per heavy atom. The van der Waals surface area contributed by atoms with E-state index in [2.05, 4.69) is 15.3 Å². The van der Waals surface area contributed by atoms with E-state index < -0.39 is 0 Å². The van der Waals surface area contributed by atoms with Crippen LogP contribution in [0.3, 0.4) is 0 Å². The molecular weight excluding hydrogens is 278 g/mol. The Hall–Kier alpha value is -2.94. The normalized spacial score (nSPS) is 9.86. The van der Waals surface area contributed by atoms with Crippen molar-refractivity contribution in [3.63, 3.8) is 0 Å². The Morgan fingerprint density at radius 1 is 1.32 bits per heavy atom. The Kier molecular flexibility index (Phi) is 5.04. The first kappa shape index (κ1) is 15.4. The van der Waals surface area contributed by atoms with Crippen molar-refractivity contribution in [2.45, 2.75) is 6.42 Å². The number of hydrogen-bond acceptors (Lipinski definition) is 5. The third kappa shape index (κ3) is 3.79. The van der Waals surface area contributed by atoms with E-state index in [1.54, 1.807) is 31.3 Å². The molecule has 1 aromatic carbocycles. The van der Waals surface area contributed by atoms with Gasteiger partial charge in [0.2, 0.25) is 0 Å². The van der Waals surface area contributed by atoms with E-state index in [4.69, 9.17) is 5.26 Å². The molecule has 1 heterocycles. The largest absolute Gasteiger partial charge is 0.367 e. The van der Waals surface area contributed by atoms with Crippen molar-refractivity contribution in [3.05, 3.63) is 53.5 Å². The summed E-state index contributed by atoms with van der Waals surface area (Å²) in [6, 6.07) is 9.51. The lowest BCUT2D eigenvalue weighted by atomic mass is 10.1. The molecule has 0 aliphatic rings. The van der Waals surface area contributed by atoms with Crippen LogP contribution in [0.2, 0.25) is 0 Å². The van der Waals surface area contributed by atoms with Crippen LogP contribution in [-0.4, -0.2) is 41.4 Å². The van der Waals surface area contributed by atoms with E-state index in [0.29, 0.717) is 17.9 Å². The van der Waals surface area contributed by atoms with Crippen molar-refractivity contribution >= 4 is 11.7 Å². The van der Waals surface area contributed by atoms with Crippen LogP contribution < -0.4 is 5.32 Å². The SMILES string of the molecule is CN(C)C(=O)c1cccc(CCNc2nccnc2C#N)c1. The number of aromatic nitrogens is 2. The summed E-state index contributed by atoms with van der Waals surface area (Å²) in [6.45, 7) is 0.604. The number of nitrogens with zero attached hydrogens (tertiary/aromatic N) is 4. The van der Waals surface area contributed by atoms with Gasteiger partial charge in [0.1, 0.15) is 6.07 Å². The van der Waals surface area contributed by atoms with Crippen LogP contribution in [0, 0.1) is 11.3 Å². The number of rotatable bonds is 5. The van der Waals surface area contributed by atoms with Crippen LogP contribution in [0.4, 0.5) is 5.82 Å². The fourth-order valence-corrected chi connectivity index (χ4v) is 1.99. The van der Waals surface area contributed by atoms with Gasteiger partial charge in [-0.3, -0.25) is 4.79 Å². The van der Waals surface area contributed by atoms with Gasteiger partial charge in [0.05, 0.1) is 0 Å². The fourth-order valence-electron chi connectivity index (χ4n) is 1.99. The first-order chi connectivity index (χ1) is 10.6. The van der Waals surface area contributed by atoms with E-state index in [9.17, 15) is 4.79 Å². The predicted molar refractivity (Wildman–Crippen MR) is 83.4 cm³/mol. The monoisotopic (exact) mass is 295 g/mol. The quantitative estimate of drug-likeness (QED) is 0.908. The molecule has 0 aliphatic heterocycles. The summed E-state index contributed by atoms with van der Waals surface area (Å²) in [5, 5.41) is 12.0. The number of carbonyl (C=O) groups is 1. The lowest BCUT2D eigenvalue weighted by molar-refractivity contribution is 0.0827. The van der Waals surface area contributed by atoms with Crippen LogP contribution in [0.15, 0.2) is 36.7 Å². The molecule has 0 aliphatic carbocycles. The van der Waals surface area contributed by atoms with Crippen LogP contribution in [0.5, 0.6) is 0 Å². The molecule has 6 heteroatoms. The Labute approximate surface area is 129 Å². The minimum absolute atomic E-state index is 0.0181. The second-order valence-electron chi connectivity index (χ2n) is 4.94. The average Bonchev–Trinajstić information content (AvgIpc) is 2.54. The Bertz CT molecular complexity index is 706. The maximum absolute atomic E-state index is 11.9. The van der Waals surface area contributed by atoms with Crippen LogP contribution >= 0.6 is 0 Å². The maximum atomic E-state index is 11.9. The van der Waals surface area contributed by atoms with Crippen molar-refractivity contribution in [1.82, 2.24) is 14.9 Å². The van der Waals surface area contributed by atoms with E-state index in [-0.39, 0.29) is 11.6 Å². The summed E-state index contributed by atoms with van der Waals surface area (Å²) in [7, 11) is 3.46. The van der Waals surface area contributed by atoms with Gasteiger partial charge in [0.15, 0.2) is 11.5 Å². The maximum Gasteiger partial charge on any atom is 0.253 e. The molecule has 0 fully saturated rings. The average molecular weight is 295 g/mol. The van der Waals surface area contributed by atoms with Gasteiger partial charge >= 0.3 is 0 Å². The number of nitriles is 1. The van der Waals surface area contributed by atoms with Gasteiger partial charge in [-0.05, 0) is 24.1 Å². The number of nitrogens with one attached hydrogen (secondary N) is 1. The predicted octanol–water partition coefficient (Wildman–Crippen LogP) is 1.70. The smallest absolute Gasteiger partial charge is 0.253 e. The highest BCUT2D eigenvalue weighted by Gasteiger charge is 2.08. The van der Waals surface area contributed by atoms with E-state index in [1.165, 1.54) is 6.20 Å².